The maximum absolute atomic E-state index is 12.5. The Kier molecular flexibility index (Phi) is 6.28. The Balaban J connectivity index is 1.98. The zero-order valence-corrected chi connectivity index (χ0v) is 17.4. The second-order valence-electron chi connectivity index (χ2n) is 6.64. The maximum Gasteiger partial charge on any atom is 0.413 e. The second kappa shape index (κ2) is 9.05. The lowest BCUT2D eigenvalue weighted by Crippen LogP contribution is -2.17. The summed E-state index contributed by atoms with van der Waals surface area (Å²) in [6, 6.07) is 16.9. The molecule has 0 radical (unpaired) electrons. The Morgan fingerprint density at radius 1 is 1.07 bits per heavy atom. The quantitative estimate of drug-likeness (QED) is 0.641. The van der Waals surface area contributed by atoms with Gasteiger partial charge in [-0.1, -0.05) is 30.3 Å². The number of nitrogens with zero attached hydrogens (tertiary/aromatic N) is 2. The second-order valence-corrected chi connectivity index (χ2v) is 6.64. The van der Waals surface area contributed by atoms with E-state index in [4.69, 9.17) is 14.2 Å². The SMILES string of the molecule is COc1cc(OC)cc(-n2c(C)c(C)c(C#N)c2NC(=O)OCc2ccccc2)c1. The minimum absolute atomic E-state index is 0.125. The molecule has 0 saturated carbocycles. The zero-order valence-electron chi connectivity index (χ0n) is 17.4. The number of amides is 1. The number of nitriles is 1. The highest BCUT2D eigenvalue weighted by atomic mass is 16.5. The highest BCUT2D eigenvalue weighted by Crippen LogP contribution is 2.33. The fourth-order valence-electron chi connectivity index (χ4n) is 3.16. The first-order valence-electron chi connectivity index (χ1n) is 9.31. The van der Waals surface area contributed by atoms with E-state index < -0.39 is 6.09 Å². The molecule has 3 aromatic rings. The largest absolute Gasteiger partial charge is 0.497 e. The Morgan fingerprint density at radius 2 is 1.70 bits per heavy atom. The zero-order chi connectivity index (χ0) is 21.7. The third-order valence-corrected chi connectivity index (χ3v) is 4.85. The molecule has 7 heteroatoms. The molecule has 0 fully saturated rings. The van der Waals surface area contributed by atoms with Crippen LogP contribution in [0, 0.1) is 25.2 Å². The first-order chi connectivity index (χ1) is 14.5. The molecule has 0 aliphatic carbocycles. The number of aromatic nitrogens is 1. The standard InChI is InChI=1S/C23H23N3O4/c1-15-16(2)26(18-10-19(28-3)12-20(11-18)29-4)22(21(15)13-24)25-23(27)30-14-17-8-6-5-7-9-17/h5-12H,14H2,1-4H3,(H,25,27). The minimum Gasteiger partial charge on any atom is -0.497 e. The lowest BCUT2D eigenvalue weighted by Gasteiger charge is -2.15. The van der Waals surface area contributed by atoms with E-state index in [0.717, 1.165) is 16.8 Å². The molecule has 1 amide bonds. The Morgan fingerprint density at radius 3 is 2.27 bits per heavy atom. The molecule has 30 heavy (non-hydrogen) atoms. The summed E-state index contributed by atoms with van der Waals surface area (Å²) in [4.78, 5) is 12.5. The molecule has 0 aliphatic rings. The van der Waals surface area contributed by atoms with Crippen LogP contribution in [0.3, 0.4) is 0 Å². The highest BCUT2D eigenvalue weighted by molar-refractivity contribution is 5.87. The van der Waals surface area contributed by atoms with Crippen molar-refractivity contribution >= 4 is 11.9 Å². The Labute approximate surface area is 175 Å². The van der Waals surface area contributed by atoms with E-state index in [9.17, 15) is 10.1 Å². The molecule has 0 atom stereocenters. The fraction of sp³-hybridized carbons (Fsp3) is 0.217. The van der Waals surface area contributed by atoms with Crippen LogP contribution in [-0.2, 0) is 11.3 Å². The van der Waals surface area contributed by atoms with Gasteiger partial charge in [-0.25, -0.2) is 4.79 Å². The number of carbonyl (C=O) groups excluding carboxylic acids is 1. The van der Waals surface area contributed by atoms with Crippen molar-refractivity contribution in [2.75, 3.05) is 19.5 Å². The van der Waals surface area contributed by atoms with Crippen LogP contribution in [-0.4, -0.2) is 24.9 Å². The van der Waals surface area contributed by atoms with Gasteiger partial charge in [-0.2, -0.15) is 5.26 Å². The number of anilines is 1. The molecular formula is C23H23N3O4. The number of carbonyl (C=O) groups is 1. The van der Waals surface area contributed by atoms with Gasteiger partial charge in [0.1, 0.15) is 30.0 Å². The van der Waals surface area contributed by atoms with Crippen LogP contribution in [0.25, 0.3) is 5.69 Å². The van der Waals surface area contributed by atoms with Gasteiger partial charge in [0.05, 0.1) is 25.5 Å². The molecule has 0 unspecified atom stereocenters. The predicted molar refractivity (Wildman–Crippen MR) is 113 cm³/mol. The van der Waals surface area contributed by atoms with Crippen molar-refractivity contribution < 1.29 is 19.0 Å². The monoisotopic (exact) mass is 405 g/mol. The fourth-order valence-corrected chi connectivity index (χ4v) is 3.16. The predicted octanol–water partition coefficient (Wildman–Crippen LogP) is 4.73. The van der Waals surface area contributed by atoms with Gasteiger partial charge in [0.15, 0.2) is 0 Å². The first-order valence-corrected chi connectivity index (χ1v) is 9.31. The molecule has 7 nitrogen and oxygen atoms in total. The summed E-state index contributed by atoms with van der Waals surface area (Å²) in [5, 5.41) is 12.4. The normalized spacial score (nSPS) is 10.2. The third kappa shape index (κ3) is 4.23. The van der Waals surface area contributed by atoms with E-state index in [0.29, 0.717) is 28.6 Å². The van der Waals surface area contributed by atoms with Gasteiger partial charge < -0.3 is 14.2 Å². The van der Waals surface area contributed by atoms with Gasteiger partial charge in [0, 0.05) is 23.9 Å². The van der Waals surface area contributed by atoms with E-state index >= 15 is 0 Å². The summed E-state index contributed by atoms with van der Waals surface area (Å²) in [7, 11) is 3.13. The van der Waals surface area contributed by atoms with E-state index in [1.54, 1.807) is 37.0 Å². The minimum atomic E-state index is -0.649. The van der Waals surface area contributed by atoms with Gasteiger partial charge >= 0.3 is 6.09 Å². The number of benzene rings is 2. The summed E-state index contributed by atoms with van der Waals surface area (Å²) >= 11 is 0. The number of hydrogen-bond donors (Lipinski definition) is 1. The molecule has 1 aromatic heterocycles. The lowest BCUT2D eigenvalue weighted by molar-refractivity contribution is 0.155. The smallest absolute Gasteiger partial charge is 0.413 e. The van der Waals surface area contributed by atoms with Crippen molar-refractivity contribution in [3.05, 3.63) is 70.9 Å². The van der Waals surface area contributed by atoms with Crippen LogP contribution in [0.15, 0.2) is 48.5 Å². The van der Waals surface area contributed by atoms with Crippen molar-refractivity contribution in [3.63, 3.8) is 0 Å². The molecule has 0 saturated heterocycles. The Bertz CT molecular complexity index is 1080. The summed E-state index contributed by atoms with van der Waals surface area (Å²) < 4.78 is 17.8. The van der Waals surface area contributed by atoms with Crippen LogP contribution in [0.2, 0.25) is 0 Å². The molecule has 1 heterocycles. The van der Waals surface area contributed by atoms with E-state index in [2.05, 4.69) is 11.4 Å². The van der Waals surface area contributed by atoms with Crippen LogP contribution in [0.4, 0.5) is 10.6 Å². The van der Waals surface area contributed by atoms with E-state index in [1.165, 1.54) is 0 Å². The molecule has 1 N–H and O–H groups in total. The molecule has 3 rings (SSSR count). The number of hydrogen-bond acceptors (Lipinski definition) is 5. The number of ether oxygens (including phenoxy) is 3. The van der Waals surface area contributed by atoms with Gasteiger partial charge in [-0.3, -0.25) is 9.88 Å². The molecule has 0 aliphatic heterocycles. The molecule has 0 bridgehead atoms. The van der Waals surface area contributed by atoms with Gasteiger partial charge in [-0.05, 0) is 25.0 Å². The van der Waals surface area contributed by atoms with Gasteiger partial charge in [-0.15, -0.1) is 0 Å². The van der Waals surface area contributed by atoms with Crippen molar-refractivity contribution in [2.24, 2.45) is 0 Å². The average Bonchev–Trinajstić information content (AvgIpc) is 3.01. The van der Waals surface area contributed by atoms with Crippen molar-refractivity contribution in [1.29, 1.82) is 5.26 Å². The van der Waals surface area contributed by atoms with Gasteiger partial charge in [0.25, 0.3) is 0 Å². The average molecular weight is 405 g/mol. The molecule has 0 spiro atoms. The number of rotatable bonds is 6. The van der Waals surface area contributed by atoms with Crippen LogP contribution in [0.1, 0.15) is 22.4 Å². The summed E-state index contributed by atoms with van der Waals surface area (Å²) in [5.74, 6) is 1.51. The van der Waals surface area contributed by atoms with E-state index in [-0.39, 0.29) is 6.61 Å². The van der Waals surface area contributed by atoms with Crippen molar-refractivity contribution in [1.82, 2.24) is 4.57 Å². The molecule has 2 aromatic carbocycles. The highest BCUT2D eigenvalue weighted by Gasteiger charge is 2.22. The van der Waals surface area contributed by atoms with Crippen molar-refractivity contribution in [2.45, 2.75) is 20.5 Å². The van der Waals surface area contributed by atoms with Crippen molar-refractivity contribution in [3.8, 4) is 23.3 Å². The third-order valence-electron chi connectivity index (χ3n) is 4.85. The van der Waals surface area contributed by atoms with E-state index in [1.807, 2.05) is 44.2 Å². The maximum atomic E-state index is 12.5. The Hall–Kier alpha value is -3.92. The number of methoxy groups -OCH3 is 2. The van der Waals surface area contributed by atoms with Gasteiger partial charge in [0.2, 0.25) is 0 Å². The topological polar surface area (TPSA) is 85.5 Å². The molecular weight excluding hydrogens is 382 g/mol. The first kappa shape index (κ1) is 20.8. The van der Waals surface area contributed by atoms with Crippen LogP contribution >= 0.6 is 0 Å². The summed E-state index contributed by atoms with van der Waals surface area (Å²) in [6.07, 6.45) is -0.649. The summed E-state index contributed by atoms with van der Waals surface area (Å²) in [5.41, 5.74) is 3.49. The number of nitrogens with one attached hydrogen (secondary N) is 1. The molecule has 154 valence electrons. The van der Waals surface area contributed by atoms with Crippen LogP contribution in [0.5, 0.6) is 11.5 Å². The lowest BCUT2D eigenvalue weighted by atomic mass is 10.2. The summed E-state index contributed by atoms with van der Waals surface area (Å²) in [6.45, 7) is 3.84. The van der Waals surface area contributed by atoms with Crippen LogP contribution < -0.4 is 14.8 Å².